The predicted molar refractivity (Wildman–Crippen MR) is 74.6 cm³/mol. The molecule has 0 bridgehead atoms. The SMILES string of the molecule is COc1ccc(NC2(C(=O)O)CCCCC2C)cc1. The highest BCUT2D eigenvalue weighted by molar-refractivity contribution is 5.83. The highest BCUT2D eigenvalue weighted by Crippen LogP contribution is 2.37. The Bertz CT molecular complexity index is 443. The van der Waals surface area contributed by atoms with Gasteiger partial charge in [0.2, 0.25) is 0 Å². The van der Waals surface area contributed by atoms with E-state index >= 15 is 0 Å². The van der Waals surface area contributed by atoms with E-state index in [0.29, 0.717) is 6.42 Å². The number of hydrogen-bond acceptors (Lipinski definition) is 3. The number of anilines is 1. The molecule has 0 heterocycles. The Morgan fingerprint density at radius 2 is 2.05 bits per heavy atom. The van der Waals surface area contributed by atoms with Gasteiger partial charge in [0.05, 0.1) is 7.11 Å². The number of benzene rings is 1. The van der Waals surface area contributed by atoms with Crippen molar-refractivity contribution in [1.29, 1.82) is 0 Å². The minimum atomic E-state index is -0.840. The summed E-state index contributed by atoms with van der Waals surface area (Å²) < 4.78 is 5.11. The van der Waals surface area contributed by atoms with Crippen LogP contribution in [0.4, 0.5) is 5.69 Å². The van der Waals surface area contributed by atoms with E-state index < -0.39 is 11.5 Å². The molecule has 104 valence electrons. The Morgan fingerprint density at radius 3 is 2.58 bits per heavy atom. The van der Waals surface area contributed by atoms with Crippen LogP contribution in [0.1, 0.15) is 32.6 Å². The summed E-state index contributed by atoms with van der Waals surface area (Å²) in [7, 11) is 1.62. The quantitative estimate of drug-likeness (QED) is 0.876. The van der Waals surface area contributed by atoms with Crippen molar-refractivity contribution in [1.82, 2.24) is 0 Å². The van der Waals surface area contributed by atoms with Gasteiger partial charge in [0.25, 0.3) is 0 Å². The van der Waals surface area contributed by atoms with E-state index in [1.165, 1.54) is 0 Å². The van der Waals surface area contributed by atoms with Crippen LogP contribution in [0.3, 0.4) is 0 Å². The third-order valence-electron chi connectivity index (χ3n) is 4.14. The van der Waals surface area contributed by atoms with Gasteiger partial charge >= 0.3 is 5.97 Å². The van der Waals surface area contributed by atoms with Crippen molar-refractivity contribution in [2.24, 2.45) is 5.92 Å². The summed E-state index contributed by atoms with van der Waals surface area (Å²) in [6.45, 7) is 2.02. The lowest BCUT2D eigenvalue weighted by atomic mass is 9.73. The van der Waals surface area contributed by atoms with Crippen LogP contribution >= 0.6 is 0 Å². The van der Waals surface area contributed by atoms with Gasteiger partial charge in [-0.1, -0.05) is 19.8 Å². The normalized spacial score (nSPS) is 26.7. The van der Waals surface area contributed by atoms with Crippen molar-refractivity contribution in [3.05, 3.63) is 24.3 Å². The average Bonchev–Trinajstić information content (AvgIpc) is 2.42. The standard InChI is InChI=1S/C15H21NO3/c1-11-5-3-4-10-15(11,14(17)18)16-12-6-8-13(19-2)9-7-12/h6-9,11,16H,3-5,10H2,1-2H3,(H,17,18). The van der Waals surface area contributed by atoms with Crippen molar-refractivity contribution in [3.8, 4) is 5.75 Å². The molecule has 0 radical (unpaired) electrons. The van der Waals surface area contributed by atoms with E-state index in [0.717, 1.165) is 30.7 Å². The zero-order chi connectivity index (χ0) is 13.9. The molecule has 2 atom stereocenters. The highest BCUT2D eigenvalue weighted by Gasteiger charge is 2.45. The molecular formula is C15H21NO3. The van der Waals surface area contributed by atoms with Crippen LogP contribution in [0.15, 0.2) is 24.3 Å². The Balaban J connectivity index is 2.22. The minimum absolute atomic E-state index is 0.126. The van der Waals surface area contributed by atoms with E-state index in [1.807, 2.05) is 31.2 Å². The van der Waals surface area contributed by atoms with Crippen LogP contribution in [0.2, 0.25) is 0 Å². The zero-order valence-corrected chi connectivity index (χ0v) is 11.5. The second kappa shape index (κ2) is 5.51. The molecule has 1 saturated carbocycles. The molecule has 4 nitrogen and oxygen atoms in total. The zero-order valence-electron chi connectivity index (χ0n) is 11.5. The number of methoxy groups -OCH3 is 1. The Hall–Kier alpha value is -1.71. The molecule has 0 amide bonds. The van der Waals surface area contributed by atoms with Gasteiger partial charge in [-0.2, -0.15) is 0 Å². The molecule has 0 spiro atoms. The number of carboxylic acid groups (broad SMARTS) is 1. The first-order valence-corrected chi connectivity index (χ1v) is 6.74. The van der Waals surface area contributed by atoms with Gasteiger partial charge in [0.15, 0.2) is 0 Å². The molecule has 1 aromatic rings. The van der Waals surface area contributed by atoms with E-state index in [-0.39, 0.29) is 5.92 Å². The molecule has 0 aromatic heterocycles. The monoisotopic (exact) mass is 263 g/mol. The van der Waals surface area contributed by atoms with E-state index in [4.69, 9.17) is 4.74 Å². The second-order valence-electron chi connectivity index (χ2n) is 5.28. The first-order valence-electron chi connectivity index (χ1n) is 6.74. The molecule has 19 heavy (non-hydrogen) atoms. The Labute approximate surface area is 113 Å². The van der Waals surface area contributed by atoms with Crippen molar-refractivity contribution >= 4 is 11.7 Å². The van der Waals surface area contributed by atoms with Gasteiger partial charge in [-0.05, 0) is 43.0 Å². The molecule has 1 aliphatic carbocycles. The van der Waals surface area contributed by atoms with Crippen LogP contribution in [-0.4, -0.2) is 23.7 Å². The summed E-state index contributed by atoms with van der Waals surface area (Å²) >= 11 is 0. The molecule has 4 heteroatoms. The van der Waals surface area contributed by atoms with Gasteiger partial charge in [0.1, 0.15) is 11.3 Å². The maximum atomic E-state index is 11.7. The molecule has 2 N–H and O–H groups in total. The molecule has 1 aromatic carbocycles. The van der Waals surface area contributed by atoms with Crippen LogP contribution in [0.5, 0.6) is 5.75 Å². The number of hydrogen-bond donors (Lipinski definition) is 2. The summed E-state index contributed by atoms with van der Waals surface area (Å²) in [5.41, 5.74) is -0.00993. The molecular weight excluding hydrogens is 242 g/mol. The molecule has 0 aliphatic heterocycles. The van der Waals surface area contributed by atoms with E-state index in [2.05, 4.69) is 5.32 Å². The third kappa shape index (κ3) is 2.67. The molecule has 1 fully saturated rings. The van der Waals surface area contributed by atoms with Crippen molar-refractivity contribution < 1.29 is 14.6 Å². The fourth-order valence-electron chi connectivity index (χ4n) is 2.84. The Kier molecular flexibility index (Phi) is 3.98. The number of carboxylic acids is 1. The number of carbonyl (C=O) groups is 1. The summed E-state index contributed by atoms with van der Waals surface area (Å²) in [4.78, 5) is 11.7. The van der Waals surface area contributed by atoms with Crippen molar-refractivity contribution in [3.63, 3.8) is 0 Å². The Morgan fingerprint density at radius 1 is 1.37 bits per heavy atom. The average molecular weight is 263 g/mol. The van der Waals surface area contributed by atoms with Gasteiger partial charge < -0.3 is 15.2 Å². The maximum Gasteiger partial charge on any atom is 0.329 e. The summed E-state index contributed by atoms with van der Waals surface area (Å²) in [6.07, 6.45) is 3.70. The van der Waals surface area contributed by atoms with Gasteiger partial charge in [0, 0.05) is 5.69 Å². The van der Waals surface area contributed by atoms with Gasteiger partial charge in [-0.25, -0.2) is 4.79 Å². The summed E-state index contributed by atoms with van der Waals surface area (Å²) in [5.74, 6) is 0.142. The first kappa shape index (κ1) is 13.7. The fraction of sp³-hybridized carbons (Fsp3) is 0.533. The molecule has 2 rings (SSSR count). The topological polar surface area (TPSA) is 58.6 Å². The number of nitrogens with one attached hydrogen (secondary N) is 1. The number of ether oxygens (including phenoxy) is 1. The van der Waals surface area contributed by atoms with E-state index in [1.54, 1.807) is 7.11 Å². The fourth-order valence-corrected chi connectivity index (χ4v) is 2.84. The predicted octanol–water partition coefficient (Wildman–Crippen LogP) is 3.14. The van der Waals surface area contributed by atoms with Crippen LogP contribution < -0.4 is 10.1 Å². The largest absolute Gasteiger partial charge is 0.497 e. The third-order valence-corrected chi connectivity index (χ3v) is 4.14. The van der Waals surface area contributed by atoms with Gasteiger partial charge in [-0.15, -0.1) is 0 Å². The van der Waals surface area contributed by atoms with Gasteiger partial charge in [-0.3, -0.25) is 0 Å². The summed E-state index contributed by atoms with van der Waals surface area (Å²) in [6, 6.07) is 7.41. The second-order valence-corrected chi connectivity index (χ2v) is 5.28. The summed E-state index contributed by atoms with van der Waals surface area (Å²) in [5, 5.41) is 12.9. The van der Waals surface area contributed by atoms with Crippen molar-refractivity contribution in [2.45, 2.75) is 38.1 Å². The van der Waals surface area contributed by atoms with Crippen LogP contribution in [0, 0.1) is 5.92 Å². The molecule has 1 aliphatic rings. The highest BCUT2D eigenvalue weighted by atomic mass is 16.5. The first-order chi connectivity index (χ1) is 9.08. The minimum Gasteiger partial charge on any atom is -0.497 e. The van der Waals surface area contributed by atoms with Crippen LogP contribution in [0.25, 0.3) is 0 Å². The number of aliphatic carboxylic acids is 1. The molecule has 2 unspecified atom stereocenters. The lowest BCUT2D eigenvalue weighted by Gasteiger charge is -2.40. The smallest absolute Gasteiger partial charge is 0.329 e. The lowest BCUT2D eigenvalue weighted by Crippen LogP contribution is -2.53. The number of rotatable bonds is 4. The van der Waals surface area contributed by atoms with Crippen molar-refractivity contribution in [2.75, 3.05) is 12.4 Å². The molecule has 0 saturated heterocycles. The lowest BCUT2D eigenvalue weighted by molar-refractivity contribution is -0.145. The maximum absolute atomic E-state index is 11.7. The van der Waals surface area contributed by atoms with Crippen LogP contribution in [-0.2, 0) is 4.79 Å². The van der Waals surface area contributed by atoms with E-state index in [9.17, 15) is 9.90 Å².